The molecule has 1 aromatic carbocycles. The van der Waals surface area contributed by atoms with Gasteiger partial charge in [0.2, 0.25) is 0 Å². The van der Waals surface area contributed by atoms with E-state index in [0.29, 0.717) is 11.5 Å². The topological polar surface area (TPSA) is 62.2 Å². The smallest absolute Gasteiger partial charge is 0.335 e. The summed E-state index contributed by atoms with van der Waals surface area (Å²) < 4.78 is 1.28. The summed E-state index contributed by atoms with van der Waals surface area (Å²) in [6.45, 7) is 2.20. The number of carboxylic acids is 1. The van der Waals surface area contributed by atoms with Gasteiger partial charge in [-0.25, -0.2) is 4.79 Å². The summed E-state index contributed by atoms with van der Waals surface area (Å²) in [5.74, 6) is -0.296. The van der Waals surface area contributed by atoms with Gasteiger partial charge in [0.15, 0.2) is 0 Å². The minimum Gasteiger partial charge on any atom is -0.478 e. The van der Waals surface area contributed by atoms with Gasteiger partial charge < -0.3 is 10.4 Å². The van der Waals surface area contributed by atoms with Gasteiger partial charge in [0.05, 0.1) is 11.6 Å². The second-order valence-corrected chi connectivity index (χ2v) is 8.45. The number of aromatic carboxylic acids is 1. The Balaban J connectivity index is 1.69. The summed E-state index contributed by atoms with van der Waals surface area (Å²) in [5, 5.41) is 14.1. The molecular formula is C22H24N2O2S. The van der Waals surface area contributed by atoms with E-state index in [-0.39, 0.29) is 6.04 Å². The van der Waals surface area contributed by atoms with Crippen LogP contribution in [0.2, 0.25) is 0 Å². The minimum absolute atomic E-state index is 0.248. The van der Waals surface area contributed by atoms with Crippen LogP contribution in [-0.4, -0.2) is 16.1 Å². The number of anilines is 1. The molecule has 1 unspecified atom stereocenters. The van der Waals surface area contributed by atoms with E-state index in [2.05, 4.69) is 23.3 Å². The maximum Gasteiger partial charge on any atom is 0.335 e. The average Bonchev–Trinajstić information content (AvgIpc) is 3.04. The van der Waals surface area contributed by atoms with Gasteiger partial charge in [-0.05, 0) is 61.6 Å². The predicted octanol–water partition coefficient (Wildman–Crippen LogP) is 6.04. The Bertz CT molecular complexity index is 943. The first-order valence-corrected chi connectivity index (χ1v) is 10.4. The third-order valence-electron chi connectivity index (χ3n) is 5.63. The van der Waals surface area contributed by atoms with Crippen molar-refractivity contribution < 1.29 is 9.90 Å². The molecule has 140 valence electrons. The lowest BCUT2D eigenvalue weighted by atomic mass is 9.82. The summed E-state index contributed by atoms with van der Waals surface area (Å²) >= 11 is 1.86. The molecule has 0 amide bonds. The van der Waals surface area contributed by atoms with Crippen LogP contribution in [0.3, 0.4) is 0 Å². The second-order valence-electron chi connectivity index (χ2n) is 7.37. The zero-order chi connectivity index (χ0) is 18.8. The molecule has 27 heavy (non-hydrogen) atoms. The Morgan fingerprint density at radius 2 is 1.93 bits per heavy atom. The number of thiophene rings is 1. The maximum atomic E-state index is 11.1. The lowest BCUT2D eigenvalue weighted by Crippen LogP contribution is -2.23. The lowest BCUT2D eigenvalue weighted by molar-refractivity contribution is 0.0697. The van der Waals surface area contributed by atoms with E-state index in [1.54, 1.807) is 12.1 Å². The number of aromatic nitrogens is 1. The number of benzene rings is 1. The summed E-state index contributed by atoms with van der Waals surface area (Å²) in [7, 11) is 0. The molecule has 0 bridgehead atoms. The van der Waals surface area contributed by atoms with E-state index < -0.39 is 5.97 Å². The molecular weight excluding hydrogens is 356 g/mol. The number of aryl methyl sites for hydroxylation is 1. The van der Waals surface area contributed by atoms with Crippen LogP contribution in [0.4, 0.5) is 5.69 Å². The van der Waals surface area contributed by atoms with Crippen LogP contribution in [0.25, 0.3) is 10.1 Å². The van der Waals surface area contributed by atoms with Crippen LogP contribution in [0.1, 0.15) is 58.9 Å². The number of hydrogen-bond acceptors (Lipinski definition) is 4. The van der Waals surface area contributed by atoms with E-state index in [1.807, 2.05) is 35.9 Å². The largest absolute Gasteiger partial charge is 0.478 e. The van der Waals surface area contributed by atoms with Crippen molar-refractivity contribution >= 4 is 33.1 Å². The van der Waals surface area contributed by atoms with Crippen molar-refractivity contribution in [3.8, 4) is 0 Å². The van der Waals surface area contributed by atoms with Gasteiger partial charge in [0, 0.05) is 33.0 Å². The highest BCUT2D eigenvalue weighted by molar-refractivity contribution is 7.19. The van der Waals surface area contributed by atoms with Crippen molar-refractivity contribution in [1.82, 2.24) is 4.98 Å². The fourth-order valence-corrected chi connectivity index (χ4v) is 5.45. The molecule has 1 aliphatic rings. The van der Waals surface area contributed by atoms with Crippen LogP contribution in [0.5, 0.6) is 0 Å². The summed E-state index contributed by atoms with van der Waals surface area (Å²) in [5.41, 5.74) is 2.61. The van der Waals surface area contributed by atoms with Crippen LogP contribution < -0.4 is 5.32 Å². The molecule has 4 nitrogen and oxygen atoms in total. The van der Waals surface area contributed by atoms with Crippen LogP contribution in [0, 0.1) is 12.8 Å². The van der Waals surface area contributed by atoms with E-state index >= 15 is 0 Å². The quantitative estimate of drug-likeness (QED) is 0.567. The van der Waals surface area contributed by atoms with Crippen molar-refractivity contribution in [2.75, 3.05) is 5.32 Å². The number of hydrogen-bond donors (Lipinski definition) is 2. The number of pyridine rings is 1. The zero-order valence-corrected chi connectivity index (χ0v) is 16.3. The van der Waals surface area contributed by atoms with Crippen LogP contribution in [-0.2, 0) is 0 Å². The van der Waals surface area contributed by atoms with Gasteiger partial charge in [-0.1, -0.05) is 19.3 Å². The van der Waals surface area contributed by atoms with Gasteiger partial charge in [-0.3, -0.25) is 4.98 Å². The van der Waals surface area contributed by atoms with Crippen molar-refractivity contribution in [2.45, 2.75) is 45.1 Å². The molecule has 0 aliphatic heterocycles. The molecule has 0 spiro atoms. The molecule has 2 heterocycles. The van der Waals surface area contributed by atoms with Gasteiger partial charge in [-0.15, -0.1) is 11.3 Å². The number of nitrogens with one attached hydrogen (secondary N) is 1. The van der Waals surface area contributed by atoms with Crippen LogP contribution >= 0.6 is 11.3 Å². The maximum absolute atomic E-state index is 11.1. The second kappa shape index (κ2) is 7.69. The molecule has 5 heteroatoms. The Labute approximate surface area is 163 Å². The van der Waals surface area contributed by atoms with E-state index in [1.165, 1.54) is 52.6 Å². The first kappa shape index (κ1) is 18.0. The number of fused-ring (bicyclic) bond motifs is 1. The first-order chi connectivity index (χ1) is 13.1. The van der Waals surface area contributed by atoms with Crippen molar-refractivity contribution in [3.63, 3.8) is 0 Å². The number of nitrogens with zero attached hydrogens (tertiary/aromatic N) is 1. The van der Waals surface area contributed by atoms with Crippen LogP contribution in [0.15, 0.2) is 42.7 Å². The van der Waals surface area contributed by atoms with Gasteiger partial charge in [-0.2, -0.15) is 0 Å². The van der Waals surface area contributed by atoms with Crippen molar-refractivity contribution in [2.24, 2.45) is 5.92 Å². The highest BCUT2D eigenvalue weighted by Gasteiger charge is 2.28. The number of carboxylic acid groups (broad SMARTS) is 1. The average molecular weight is 381 g/mol. The van der Waals surface area contributed by atoms with Gasteiger partial charge in [0.25, 0.3) is 0 Å². The fraction of sp³-hybridized carbons (Fsp3) is 0.364. The normalized spacial score (nSPS) is 16.3. The SMILES string of the molecule is Cc1c(C(Nc2ccc(C(=O)O)cc2)C2CCCCC2)sc2ccncc12. The molecule has 3 aromatic rings. The lowest BCUT2D eigenvalue weighted by Gasteiger charge is -2.31. The third-order valence-corrected chi connectivity index (χ3v) is 6.99. The highest BCUT2D eigenvalue weighted by Crippen LogP contribution is 2.43. The molecule has 0 radical (unpaired) electrons. The first-order valence-electron chi connectivity index (χ1n) is 9.56. The van der Waals surface area contributed by atoms with E-state index in [4.69, 9.17) is 5.11 Å². The standard InChI is InChI=1S/C22H24N2O2S/c1-14-18-13-23-12-11-19(18)27-21(14)20(15-5-3-2-4-6-15)24-17-9-7-16(8-10-17)22(25)26/h7-13,15,20,24H,2-6H2,1H3,(H,25,26). The molecule has 1 atom stereocenters. The Kier molecular flexibility index (Phi) is 5.12. The third kappa shape index (κ3) is 3.69. The molecule has 1 saturated carbocycles. The van der Waals surface area contributed by atoms with Gasteiger partial charge >= 0.3 is 5.97 Å². The zero-order valence-electron chi connectivity index (χ0n) is 15.4. The summed E-state index contributed by atoms with van der Waals surface area (Å²) in [6, 6.07) is 9.44. The van der Waals surface area contributed by atoms with E-state index in [9.17, 15) is 4.79 Å². The predicted molar refractivity (Wildman–Crippen MR) is 111 cm³/mol. The van der Waals surface area contributed by atoms with Crippen molar-refractivity contribution in [1.29, 1.82) is 0 Å². The number of rotatable bonds is 5. The Morgan fingerprint density at radius 3 is 2.59 bits per heavy atom. The molecule has 2 N–H and O–H groups in total. The molecule has 1 fully saturated rings. The summed E-state index contributed by atoms with van der Waals surface area (Å²) in [4.78, 5) is 16.8. The monoisotopic (exact) mass is 380 g/mol. The van der Waals surface area contributed by atoms with Crippen molar-refractivity contribution in [3.05, 3.63) is 58.7 Å². The molecule has 0 saturated heterocycles. The Morgan fingerprint density at radius 1 is 1.19 bits per heavy atom. The summed E-state index contributed by atoms with van der Waals surface area (Å²) in [6.07, 6.45) is 10.2. The van der Waals surface area contributed by atoms with E-state index in [0.717, 1.165) is 5.69 Å². The Hall–Kier alpha value is -2.40. The molecule has 1 aliphatic carbocycles. The number of carbonyl (C=O) groups is 1. The molecule has 2 aromatic heterocycles. The minimum atomic E-state index is -0.891. The molecule has 4 rings (SSSR count). The highest BCUT2D eigenvalue weighted by atomic mass is 32.1. The van der Waals surface area contributed by atoms with Gasteiger partial charge in [0.1, 0.15) is 0 Å². The fourth-order valence-electron chi connectivity index (χ4n) is 4.13.